The summed E-state index contributed by atoms with van der Waals surface area (Å²) in [7, 11) is 0. The van der Waals surface area contributed by atoms with Crippen LogP contribution >= 0.6 is 11.8 Å². The molecule has 1 aromatic carbocycles. The molecular weight excluding hydrogens is 310 g/mol. The molecule has 0 unspecified atom stereocenters. The lowest BCUT2D eigenvalue weighted by atomic mass is 10.2. The first-order valence-electron chi connectivity index (χ1n) is 6.37. The van der Waals surface area contributed by atoms with Gasteiger partial charge in [-0.1, -0.05) is 11.8 Å². The summed E-state index contributed by atoms with van der Waals surface area (Å²) in [5, 5.41) is 0. The van der Waals surface area contributed by atoms with Crippen LogP contribution in [0.3, 0.4) is 0 Å². The number of aryl methyl sites for hydroxylation is 2. The number of hydrogen-bond acceptors (Lipinski definition) is 5. The number of carbonyl (C=O) groups is 1. The lowest BCUT2D eigenvalue weighted by Crippen LogP contribution is -2.30. The van der Waals surface area contributed by atoms with Crippen molar-refractivity contribution in [3.8, 4) is 0 Å². The van der Waals surface area contributed by atoms with E-state index >= 15 is 0 Å². The third kappa shape index (κ3) is 4.66. The highest BCUT2D eigenvalue weighted by atomic mass is 32.2. The number of rotatable bonds is 5. The molecule has 0 spiro atoms. The van der Waals surface area contributed by atoms with Crippen molar-refractivity contribution in [2.75, 3.05) is 5.43 Å². The number of carbonyl (C=O) groups excluding carboxylic acids is 1. The number of nitrogens with zero attached hydrogens (tertiary/aromatic N) is 2. The third-order valence-electron chi connectivity index (χ3n) is 2.61. The average molecular weight is 324 g/mol. The summed E-state index contributed by atoms with van der Waals surface area (Å²) in [4.78, 5) is 20.6. The molecule has 1 amide bonds. The molecule has 2 aromatic rings. The topological polar surface area (TPSA) is 66.9 Å². The second kappa shape index (κ2) is 7.17. The number of aromatic nitrogens is 2. The van der Waals surface area contributed by atoms with Gasteiger partial charge in [-0.15, -0.1) is 0 Å². The van der Waals surface area contributed by atoms with Gasteiger partial charge in [-0.25, -0.2) is 9.97 Å². The first-order valence-corrected chi connectivity index (χ1v) is 7.25. The smallest absolute Gasteiger partial charge is 0.267 e. The maximum atomic E-state index is 12.2. The molecule has 2 N–H and O–H groups in total. The van der Waals surface area contributed by atoms with Gasteiger partial charge in [0.25, 0.3) is 11.7 Å². The molecule has 0 aliphatic rings. The Bertz CT molecular complexity index is 644. The molecular formula is C14H14F2N4OS. The molecule has 0 aliphatic carbocycles. The van der Waals surface area contributed by atoms with Gasteiger partial charge in [0.05, 0.1) is 0 Å². The van der Waals surface area contributed by atoms with Crippen LogP contribution in [0.1, 0.15) is 21.7 Å². The minimum absolute atomic E-state index is 0.288. The Balaban J connectivity index is 1.97. The van der Waals surface area contributed by atoms with Crippen molar-refractivity contribution >= 4 is 23.6 Å². The Morgan fingerprint density at radius 3 is 2.27 bits per heavy atom. The van der Waals surface area contributed by atoms with E-state index in [0.29, 0.717) is 22.2 Å². The van der Waals surface area contributed by atoms with Gasteiger partial charge in [-0.2, -0.15) is 8.78 Å². The molecule has 1 heterocycles. The zero-order valence-electron chi connectivity index (χ0n) is 11.9. The fraction of sp³-hybridized carbons (Fsp3) is 0.214. The van der Waals surface area contributed by atoms with Crippen molar-refractivity contribution in [1.82, 2.24) is 15.4 Å². The lowest BCUT2D eigenvalue weighted by Gasteiger charge is -2.08. The van der Waals surface area contributed by atoms with Crippen LogP contribution in [0.5, 0.6) is 0 Å². The summed E-state index contributed by atoms with van der Waals surface area (Å²) in [6.07, 6.45) is 0. The Hall–Kier alpha value is -2.22. The van der Waals surface area contributed by atoms with Crippen LogP contribution in [0, 0.1) is 13.8 Å². The largest absolute Gasteiger partial charge is 0.288 e. The highest BCUT2D eigenvalue weighted by molar-refractivity contribution is 7.99. The molecule has 116 valence electrons. The van der Waals surface area contributed by atoms with Crippen molar-refractivity contribution in [3.05, 3.63) is 47.3 Å². The molecule has 5 nitrogen and oxygen atoms in total. The molecule has 0 saturated heterocycles. The summed E-state index contributed by atoms with van der Waals surface area (Å²) in [5.74, 6) is -2.60. The lowest BCUT2D eigenvalue weighted by molar-refractivity contribution is 0.0962. The van der Waals surface area contributed by atoms with Crippen LogP contribution in [-0.4, -0.2) is 21.6 Å². The third-order valence-corrected chi connectivity index (χ3v) is 3.33. The van der Waals surface area contributed by atoms with Crippen LogP contribution in [0.15, 0.2) is 35.2 Å². The van der Waals surface area contributed by atoms with E-state index in [1.165, 1.54) is 24.3 Å². The van der Waals surface area contributed by atoms with Crippen LogP contribution in [0.4, 0.5) is 14.7 Å². The number of halogens is 2. The van der Waals surface area contributed by atoms with Crippen molar-refractivity contribution in [2.24, 2.45) is 0 Å². The monoisotopic (exact) mass is 324 g/mol. The predicted molar refractivity (Wildman–Crippen MR) is 80.9 cm³/mol. The molecule has 0 atom stereocenters. The van der Waals surface area contributed by atoms with Gasteiger partial charge in [-0.3, -0.25) is 15.6 Å². The van der Waals surface area contributed by atoms with Gasteiger partial charge >= 0.3 is 0 Å². The van der Waals surface area contributed by atoms with E-state index in [0.717, 1.165) is 11.4 Å². The van der Waals surface area contributed by atoms with Crippen molar-refractivity contribution in [3.63, 3.8) is 0 Å². The van der Waals surface area contributed by atoms with Gasteiger partial charge < -0.3 is 0 Å². The first-order chi connectivity index (χ1) is 10.4. The summed E-state index contributed by atoms with van der Waals surface area (Å²) in [6.45, 7) is 3.64. The van der Waals surface area contributed by atoms with Gasteiger partial charge in [0, 0.05) is 21.8 Å². The maximum absolute atomic E-state index is 12.2. The van der Waals surface area contributed by atoms with E-state index in [1.54, 1.807) is 0 Å². The van der Waals surface area contributed by atoms with Crippen molar-refractivity contribution in [1.29, 1.82) is 0 Å². The van der Waals surface area contributed by atoms with Crippen LogP contribution in [0.2, 0.25) is 0 Å². The van der Waals surface area contributed by atoms with Gasteiger partial charge in [0.2, 0.25) is 5.95 Å². The Labute approximate surface area is 130 Å². The fourth-order valence-electron chi connectivity index (χ4n) is 1.75. The summed E-state index contributed by atoms with van der Waals surface area (Å²) < 4.78 is 24.4. The second-order valence-electron chi connectivity index (χ2n) is 4.46. The number of alkyl halides is 2. The van der Waals surface area contributed by atoms with E-state index in [4.69, 9.17) is 0 Å². The Morgan fingerprint density at radius 1 is 1.14 bits per heavy atom. The zero-order valence-corrected chi connectivity index (χ0v) is 12.7. The van der Waals surface area contributed by atoms with Gasteiger partial charge in [0.1, 0.15) is 0 Å². The SMILES string of the molecule is Cc1cc(C)nc(NNC(=O)c2ccc(SC(F)F)cc2)n1. The maximum Gasteiger partial charge on any atom is 0.288 e. The molecule has 2 rings (SSSR count). The predicted octanol–water partition coefficient (Wildman–Crippen LogP) is 3.17. The van der Waals surface area contributed by atoms with Crippen molar-refractivity contribution in [2.45, 2.75) is 24.5 Å². The van der Waals surface area contributed by atoms with Crippen LogP contribution < -0.4 is 10.9 Å². The Kier molecular flexibility index (Phi) is 5.26. The highest BCUT2D eigenvalue weighted by Crippen LogP contribution is 2.25. The molecule has 0 saturated carbocycles. The van der Waals surface area contributed by atoms with E-state index in [-0.39, 0.29) is 5.95 Å². The highest BCUT2D eigenvalue weighted by Gasteiger charge is 2.09. The number of hydrogen-bond donors (Lipinski definition) is 2. The fourth-order valence-corrected chi connectivity index (χ4v) is 2.25. The minimum atomic E-state index is -2.48. The molecule has 22 heavy (non-hydrogen) atoms. The molecule has 0 bridgehead atoms. The van der Waals surface area contributed by atoms with E-state index in [1.807, 2.05) is 19.9 Å². The first kappa shape index (κ1) is 16.2. The second-order valence-corrected chi connectivity index (χ2v) is 5.52. The molecule has 0 aliphatic heterocycles. The minimum Gasteiger partial charge on any atom is -0.267 e. The molecule has 0 radical (unpaired) electrons. The number of nitrogens with one attached hydrogen (secondary N) is 2. The number of thioether (sulfide) groups is 1. The molecule has 0 fully saturated rings. The normalized spacial score (nSPS) is 10.6. The molecule has 1 aromatic heterocycles. The summed E-state index contributed by atoms with van der Waals surface area (Å²) in [6, 6.07) is 7.71. The summed E-state index contributed by atoms with van der Waals surface area (Å²) in [5.41, 5.74) is 6.98. The zero-order chi connectivity index (χ0) is 16.1. The molecule has 8 heteroatoms. The van der Waals surface area contributed by atoms with Gasteiger partial charge in [0.15, 0.2) is 0 Å². The standard InChI is InChI=1S/C14H14F2N4OS/c1-8-7-9(2)18-14(17-8)20-19-12(21)10-3-5-11(6-4-10)22-13(15)16/h3-7,13H,1-2H3,(H,19,21)(H,17,18,20). The number of benzene rings is 1. The van der Waals surface area contributed by atoms with E-state index < -0.39 is 11.7 Å². The quantitative estimate of drug-likeness (QED) is 0.653. The van der Waals surface area contributed by atoms with E-state index in [9.17, 15) is 13.6 Å². The van der Waals surface area contributed by atoms with Crippen LogP contribution in [0.25, 0.3) is 0 Å². The number of amides is 1. The van der Waals surface area contributed by atoms with Crippen LogP contribution in [-0.2, 0) is 0 Å². The van der Waals surface area contributed by atoms with E-state index in [2.05, 4.69) is 20.8 Å². The van der Waals surface area contributed by atoms with Crippen molar-refractivity contribution < 1.29 is 13.6 Å². The Morgan fingerprint density at radius 2 is 1.73 bits per heavy atom. The number of hydrazine groups is 1. The average Bonchev–Trinajstić information content (AvgIpc) is 2.44. The number of anilines is 1. The summed E-state index contributed by atoms with van der Waals surface area (Å²) >= 11 is 0.432. The van der Waals surface area contributed by atoms with Gasteiger partial charge in [-0.05, 0) is 44.2 Å².